The number of fused-ring (bicyclic) bond motifs is 1. The minimum atomic E-state index is -2.99. The normalized spacial score (nSPS) is 32.6. The summed E-state index contributed by atoms with van der Waals surface area (Å²) in [7, 11) is 0. The number of nitrogens with zero attached hydrogens (tertiary/aromatic N) is 2. The number of aliphatic hydroxyl groups is 2. The zero-order valence-corrected chi connectivity index (χ0v) is 12.1. The van der Waals surface area contributed by atoms with Gasteiger partial charge in [-0.05, 0) is 0 Å². The van der Waals surface area contributed by atoms with Crippen LogP contribution in [0.3, 0.4) is 0 Å². The van der Waals surface area contributed by atoms with E-state index >= 15 is 0 Å². The van der Waals surface area contributed by atoms with Crippen LogP contribution in [0, 0.1) is 18.2 Å². The van der Waals surface area contributed by atoms with Gasteiger partial charge in [0.05, 0.1) is 9.30 Å². The van der Waals surface area contributed by atoms with E-state index in [4.69, 9.17) is 31.2 Å². The first-order valence-electron chi connectivity index (χ1n) is 7.29. The number of alkyl halides is 1. The highest BCUT2D eigenvalue weighted by Crippen LogP contribution is 2.44. The summed E-state index contributed by atoms with van der Waals surface area (Å²) in [5.74, 6) is 0.775. The van der Waals surface area contributed by atoms with Crippen molar-refractivity contribution in [2.24, 2.45) is 0 Å². The predicted octanol–water partition coefficient (Wildman–Crippen LogP) is -0.693. The molecule has 0 amide bonds. The van der Waals surface area contributed by atoms with E-state index in [2.05, 4.69) is 15.9 Å². The second kappa shape index (κ2) is 5.21. The summed E-state index contributed by atoms with van der Waals surface area (Å²) in [6, 6.07) is 0. The molecular weight excluding hydrogens is 331 g/mol. The van der Waals surface area contributed by atoms with E-state index in [9.17, 15) is 19.4 Å². The van der Waals surface area contributed by atoms with Crippen LogP contribution in [-0.4, -0.2) is 48.4 Å². The first-order chi connectivity index (χ1) is 11.5. The molecule has 0 aromatic carbocycles. The van der Waals surface area contributed by atoms with Crippen LogP contribution in [0.4, 0.5) is 10.3 Å². The van der Waals surface area contributed by atoms with Crippen molar-refractivity contribution < 1.29 is 22.1 Å². The summed E-state index contributed by atoms with van der Waals surface area (Å²) < 4.78 is 35.1. The van der Waals surface area contributed by atoms with Crippen LogP contribution in [0.1, 0.15) is 8.97 Å². The van der Waals surface area contributed by atoms with Gasteiger partial charge in [0.15, 0.2) is 22.6 Å². The zero-order valence-electron chi connectivity index (χ0n) is 13.3. The van der Waals surface area contributed by atoms with Gasteiger partial charge in [0.1, 0.15) is 17.6 Å². The maximum absolute atomic E-state index is 14.2. The standard InChI is InChI=1S/C13H12ClFN4O4/c1-2-13(14)8(21)6(4-20)23-11(13)19-3-5(15)7-9(19)17-12(16)18-10(7)22/h1,3,6,8,11,20-21H,4H2,(H3,16,17,18,22)/t6-,8+,11-,13?/m1/s1/i4D2. The first-order valence-corrected chi connectivity index (χ1v) is 6.67. The minimum Gasteiger partial charge on any atom is -0.394 e. The lowest BCUT2D eigenvalue weighted by atomic mass is 9.99. The summed E-state index contributed by atoms with van der Waals surface area (Å²) >= 11 is 6.22. The highest BCUT2D eigenvalue weighted by molar-refractivity contribution is 6.27. The number of H-pyrrole nitrogens is 1. The number of rotatable bonds is 2. The molecule has 8 nitrogen and oxygen atoms in total. The molecule has 1 fully saturated rings. The van der Waals surface area contributed by atoms with E-state index in [-0.39, 0.29) is 11.6 Å². The number of hydrogen-bond donors (Lipinski definition) is 4. The maximum atomic E-state index is 14.2. The van der Waals surface area contributed by atoms with Crippen LogP contribution >= 0.6 is 11.6 Å². The molecule has 2 aromatic rings. The fourth-order valence-corrected chi connectivity index (χ4v) is 2.78. The second-order valence-corrected chi connectivity index (χ2v) is 5.55. The Kier molecular flexibility index (Phi) is 3.02. The van der Waals surface area contributed by atoms with Gasteiger partial charge in [-0.2, -0.15) is 4.98 Å². The minimum absolute atomic E-state index is 0.268. The molecule has 0 saturated carbocycles. The first kappa shape index (κ1) is 13.3. The number of nitrogens with one attached hydrogen (secondary N) is 1. The van der Waals surface area contributed by atoms with Gasteiger partial charge >= 0.3 is 0 Å². The average molecular weight is 345 g/mol. The number of aromatic amines is 1. The Hall–Kier alpha value is -2.12. The van der Waals surface area contributed by atoms with Crippen molar-refractivity contribution in [2.45, 2.75) is 23.3 Å². The Morgan fingerprint density at radius 1 is 1.78 bits per heavy atom. The monoisotopic (exact) mass is 344 g/mol. The number of aliphatic hydroxyl groups excluding tert-OH is 1. The quantitative estimate of drug-likeness (QED) is 0.422. The lowest BCUT2D eigenvalue weighted by molar-refractivity contribution is -0.0436. The van der Waals surface area contributed by atoms with Crippen LogP contribution in [0.15, 0.2) is 11.0 Å². The van der Waals surface area contributed by atoms with Crippen LogP contribution in [0.25, 0.3) is 11.0 Å². The van der Waals surface area contributed by atoms with Crippen LogP contribution in [-0.2, 0) is 4.74 Å². The van der Waals surface area contributed by atoms with Crippen molar-refractivity contribution in [3.63, 3.8) is 0 Å². The number of anilines is 1. The number of aromatic nitrogens is 3. The third-order valence-corrected chi connectivity index (χ3v) is 4.13. The predicted molar refractivity (Wildman–Crippen MR) is 79.1 cm³/mol. The van der Waals surface area contributed by atoms with Crippen molar-refractivity contribution in [2.75, 3.05) is 12.3 Å². The van der Waals surface area contributed by atoms with Crippen molar-refractivity contribution in [1.29, 1.82) is 0 Å². The average Bonchev–Trinajstić information content (AvgIpc) is 2.95. The highest BCUT2D eigenvalue weighted by Gasteiger charge is 2.55. The fraction of sp³-hybridized carbons (Fsp3) is 0.385. The third-order valence-electron chi connectivity index (χ3n) is 3.61. The molecule has 0 spiro atoms. The lowest BCUT2D eigenvalue weighted by Gasteiger charge is -2.25. The van der Waals surface area contributed by atoms with Gasteiger partial charge in [-0.3, -0.25) is 14.3 Å². The smallest absolute Gasteiger partial charge is 0.264 e. The Morgan fingerprint density at radius 3 is 3.09 bits per heavy atom. The van der Waals surface area contributed by atoms with Gasteiger partial charge in [-0.15, -0.1) is 6.42 Å². The Morgan fingerprint density at radius 2 is 2.48 bits per heavy atom. The summed E-state index contributed by atoms with van der Waals surface area (Å²) in [6.45, 7) is -2.99. The SMILES string of the molecule is [2H]C([2H])(O)[C@H]1O[C@@H](n2cc(F)c3c(=O)[nH]c(N)nc32)C(Cl)(C#C)[C@H]1O. The zero-order chi connectivity index (χ0) is 18.7. The molecule has 5 N–H and O–H groups in total. The lowest BCUT2D eigenvalue weighted by Crippen LogP contribution is -2.41. The molecule has 3 rings (SSSR count). The molecule has 3 heterocycles. The van der Waals surface area contributed by atoms with Crippen molar-refractivity contribution >= 4 is 28.6 Å². The van der Waals surface area contributed by atoms with Crippen molar-refractivity contribution in [1.82, 2.24) is 14.5 Å². The highest BCUT2D eigenvalue weighted by atomic mass is 35.5. The second-order valence-electron chi connectivity index (χ2n) is 4.93. The molecule has 0 aliphatic carbocycles. The van der Waals surface area contributed by atoms with Gasteiger partial charge in [0.25, 0.3) is 5.56 Å². The van der Waals surface area contributed by atoms with E-state index in [1.165, 1.54) is 0 Å². The summed E-state index contributed by atoms with van der Waals surface area (Å²) in [6.07, 6.45) is 0.958. The van der Waals surface area contributed by atoms with E-state index in [1.807, 2.05) is 0 Å². The van der Waals surface area contributed by atoms with Crippen LogP contribution in [0.2, 0.25) is 0 Å². The Labute approximate surface area is 136 Å². The van der Waals surface area contributed by atoms with Gasteiger partial charge in [-0.25, -0.2) is 4.39 Å². The number of hydrogen-bond acceptors (Lipinski definition) is 6. The van der Waals surface area contributed by atoms with Crippen LogP contribution < -0.4 is 11.3 Å². The molecular formula is C13H12ClFN4O4. The molecule has 10 heteroatoms. The molecule has 1 aliphatic heterocycles. The summed E-state index contributed by atoms with van der Waals surface area (Å²) in [5.41, 5.74) is 4.34. The van der Waals surface area contributed by atoms with Gasteiger partial charge in [0.2, 0.25) is 5.95 Å². The molecule has 0 bridgehead atoms. The molecule has 23 heavy (non-hydrogen) atoms. The number of nitrogen functional groups attached to an aromatic ring is 1. The van der Waals surface area contributed by atoms with Gasteiger partial charge < -0.3 is 20.7 Å². The molecule has 122 valence electrons. The molecule has 1 saturated heterocycles. The number of nitrogens with two attached hydrogens (primary N) is 1. The summed E-state index contributed by atoms with van der Waals surface area (Å²) in [5, 5.41) is 19.3. The number of halogens is 2. The maximum Gasteiger partial charge on any atom is 0.264 e. The van der Waals surface area contributed by atoms with Crippen molar-refractivity contribution in [3.8, 4) is 12.3 Å². The molecule has 4 atom stereocenters. The Balaban J connectivity index is 2.24. The fourth-order valence-electron chi connectivity index (χ4n) is 2.51. The largest absolute Gasteiger partial charge is 0.394 e. The summed E-state index contributed by atoms with van der Waals surface area (Å²) in [4.78, 5) is 15.7. The number of ether oxygens (including phenoxy) is 1. The molecule has 1 aliphatic rings. The van der Waals surface area contributed by atoms with E-state index < -0.39 is 46.6 Å². The van der Waals surface area contributed by atoms with E-state index in [1.54, 1.807) is 0 Å². The van der Waals surface area contributed by atoms with Crippen LogP contribution in [0.5, 0.6) is 0 Å². The third kappa shape index (κ3) is 2.11. The molecule has 0 radical (unpaired) electrons. The van der Waals surface area contributed by atoms with Gasteiger partial charge in [-0.1, -0.05) is 17.5 Å². The van der Waals surface area contributed by atoms with E-state index in [0.29, 0.717) is 0 Å². The molecule has 2 aromatic heterocycles. The number of terminal acetylenes is 1. The van der Waals surface area contributed by atoms with E-state index in [0.717, 1.165) is 10.8 Å². The topological polar surface area (TPSA) is 126 Å². The Bertz CT molecular complexity index is 952. The molecule has 1 unspecified atom stereocenters. The van der Waals surface area contributed by atoms with Crippen molar-refractivity contribution in [3.05, 3.63) is 22.4 Å². The van der Waals surface area contributed by atoms with Gasteiger partial charge in [0, 0.05) is 6.20 Å².